The summed E-state index contributed by atoms with van der Waals surface area (Å²) in [6, 6.07) is 7.67. The number of aromatic nitrogens is 2. The smallest absolute Gasteiger partial charge is 0.353 e. The Morgan fingerprint density at radius 2 is 2.17 bits per heavy atom. The number of anilines is 1. The summed E-state index contributed by atoms with van der Waals surface area (Å²) in [6.07, 6.45) is 4.98. The van der Waals surface area contributed by atoms with Gasteiger partial charge in [-0.25, -0.2) is 13.9 Å². The van der Waals surface area contributed by atoms with Gasteiger partial charge in [0.05, 0.1) is 12.7 Å². The summed E-state index contributed by atoms with van der Waals surface area (Å²) >= 11 is 0. The van der Waals surface area contributed by atoms with Gasteiger partial charge in [-0.3, -0.25) is 0 Å². The number of unbranched alkanes of at least 4 members (excludes halogenated alkanes) is 1. The number of rotatable bonds is 6. The van der Waals surface area contributed by atoms with Crippen LogP contribution in [0.1, 0.15) is 18.4 Å². The third-order valence-electron chi connectivity index (χ3n) is 4.14. The van der Waals surface area contributed by atoms with Crippen molar-refractivity contribution < 1.29 is 14.1 Å². The molecule has 0 bridgehead atoms. The lowest BCUT2D eigenvalue weighted by Crippen LogP contribution is -2.46. The van der Waals surface area contributed by atoms with E-state index in [0.717, 1.165) is 6.42 Å². The summed E-state index contributed by atoms with van der Waals surface area (Å²) in [5.74, 6) is 0.317. The first-order valence-corrected chi connectivity index (χ1v) is 7.76. The Bertz CT molecular complexity index is 761. The van der Waals surface area contributed by atoms with Crippen LogP contribution in [0.4, 0.5) is 10.3 Å². The molecular formula is C16H18FN6O+. The van der Waals surface area contributed by atoms with Crippen molar-refractivity contribution in [2.24, 2.45) is 5.11 Å². The lowest BCUT2D eigenvalue weighted by Gasteiger charge is -2.28. The van der Waals surface area contributed by atoms with Crippen LogP contribution in [0.15, 0.2) is 47.8 Å². The lowest BCUT2D eigenvalue weighted by atomic mass is 10.0. The molecule has 0 spiro atoms. The minimum absolute atomic E-state index is 0.318. The Hall–Kier alpha value is -2.70. The average molecular weight is 329 g/mol. The summed E-state index contributed by atoms with van der Waals surface area (Å²) in [6.45, 7) is 1.28. The molecule has 124 valence electrons. The predicted molar refractivity (Wildman–Crippen MR) is 85.3 cm³/mol. The normalized spacial score (nSPS) is 19.0. The molecule has 0 aliphatic carbocycles. The highest BCUT2D eigenvalue weighted by molar-refractivity contribution is 5.38. The Kier molecular flexibility index (Phi) is 4.59. The van der Waals surface area contributed by atoms with E-state index >= 15 is 0 Å². The maximum Gasteiger partial charge on any atom is 0.396 e. The Morgan fingerprint density at radius 3 is 2.92 bits per heavy atom. The number of benzene rings is 1. The fraction of sp³-hybridized carbons (Fsp3) is 0.375. The van der Waals surface area contributed by atoms with E-state index in [1.54, 1.807) is 24.4 Å². The van der Waals surface area contributed by atoms with Crippen molar-refractivity contribution in [3.05, 3.63) is 64.5 Å². The molecule has 1 N–H and O–H groups in total. The van der Waals surface area contributed by atoms with Crippen molar-refractivity contribution in [1.82, 2.24) is 4.98 Å². The number of hydrogen-bond donors (Lipinski definition) is 1. The quantitative estimate of drug-likeness (QED) is 0.290. The molecule has 1 aliphatic heterocycles. The number of hydrogen-bond acceptors (Lipinski definition) is 4. The minimum Gasteiger partial charge on any atom is -0.353 e. The van der Waals surface area contributed by atoms with Crippen molar-refractivity contribution in [2.45, 2.75) is 25.1 Å². The topological polar surface area (TPSA) is 89.0 Å². The van der Waals surface area contributed by atoms with Gasteiger partial charge in [-0.1, -0.05) is 10.1 Å². The van der Waals surface area contributed by atoms with Crippen LogP contribution in [0.25, 0.3) is 10.4 Å². The molecule has 1 unspecified atom stereocenters. The molecule has 24 heavy (non-hydrogen) atoms. The van der Waals surface area contributed by atoms with E-state index in [9.17, 15) is 9.50 Å². The molecule has 2 aromatic rings. The van der Waals surface area contributed by atoms with Gasteiger partial charge in [0.2, 0.25) is 5.72 Å². The number of nitrogens with zero attached hydrogens (tertiary/aromatic N) is 6. The average Bonchev–Trinajstić information content (AvgIpc) is 2.88. The van der Waals surface area contributed by atoms with Crippen LogP contribution >= 0.6 is 0 Å². The fourth-order valence-electron chi connectivity index (χ4n) is 2.98. The third kappa shape index (κ3) is 3.02. The van der Waals surface area contributed by atoms with Gasteiger partial charge in [-0.2, -0.15) is 0 Å². The second-order valence-electron chi connectivity index (χ2n) is 5.68. The second kappa shape index (κ2) is 6.82. The maximum absolute atomic E-state index is 13.2. The molecule has 0 fully saturated rings. The molecule has 1 aliphatic rings. The van der Waals surface area contributed by atoms with Gasteiger partial charge in [-0.05, 0) is 42.6 Å². The van der Waals surface area contributed by atoms with Gasteiger partial charge in [0.25, 0.3) is 0 Å². The van der Waals surface area contributed by atoms with E-state index in [0.29, 0.717) is 37.6 Å². The summed E-state index contributed by atoms with van der Waals surface area (Å²) in [5, 5.41) is 14.8. The predicted octanol–water partition coefficient (Wildman–Crippen LogP) is 2.26. The van der Waals surface area contributed by atoms with Crippen LogP contribution in [0.5, 0.6) is 0 Å². The van der Waals surface area contributed by atoms with Gasteiger partial charge in [0.15, 0.2) is 0 Å². The second-order valence-corrected chi connectivity index (χ2v) is 5.68. The largest absolute Gasteiger partial charge is 0.396 e. The van der Waals surface area contributed by atoms with Gasteiger partial charge in [-0.15, -0.1) is 0 Å². The molecule has 7 nitrogen and oxygen atoms in total. The number of azide groups is 1. The molecule has 1 aromatic carbocycles. The number of aliphatic hydroxyl groups is 1. The highest BCUT2D eigenvalue weighted by Crippen LogP contribution is 2.33. The maximum atomic E-state index is 13.2. The summed E-state index contributed by atoms with van der Waals surface area (Å²) in [4.78, 5) is 8.92. The molecule has 0 radical (unpaired) electrons. The monoisotopic (exact) mass is 329 g/mol. The first kappa shape index (κ1) is 16.2. The van der Waals surface area contributed by atoms with Gasteiger partial charge in [0.1, 0.15) is 18.6 Å². The van der Waals surface area contributed by atoms with Gasteiger partial charge in [0, 0.05) is 23.1 Å². The molecule has 3 rings (SSSR count). The molecule has 0 saturated heterocycles. The first-order chi connectivity index (χ1) is 11.6. The highest BCUT2D eigenvalue weighted by atomic mass is 19.1. The minimum atomic E-state index is -1.28. The molecular weight excluding hydrogens is 311 g/mol. The lowest BCUT2D eigenvalue weighted by molar-refractivity contribution is -0.685. The van der Waals surface area contributed by atoms with Gasteiger partial charge >= 0.3 is 5.95 Å². The van der Waals surface area contributed by atoms with Crippen molar-refractivity contribution >= 4 is 5.95 Å². The number of fused-ring (bicyclic) bond motifs is 1. The Balaban J connectivity index is 1.86. The van der Waals surface area contributed by atoms with Crippen molar-refractivity contribution in [3.8, 4) is 0 Å². The number of halogens is 1. The van der Waals surface area contributed by atoms with Crippen LogP contribution in [0.3, 0.4) is 0 Å². The van der Waals surface area contributed by atoms with E-state index in [2.05, 4.69) is 15.0 Å². The van der Waals surface area contributed by atoms with Crippen molar-refractivity contribution in [1.29, 1.82) is 0 Å². The standard InChI is InChI=1S/C16H18FN6O/c17-14-6-4-13(5-7-14)16(24)12-22-10-3-8-19-15(22)23(16)11-2-1-9-20-21-18/h3-8,10,24H,1-2,9,11-12H2/q+1. The molecule has 0 saturated carbocycles. The van der Waals surface area contributed by atoms with E-state index in [-0.39, 0.29) is 5.82 Å². The summed E-state index contributed by atoms with van der Waals surface area (Å²) in [5.41, 5.74) is 7.66. The molecule has 0 amide bonds. The molecule has 1 aromatic heterocycles. The van der Waals surface area contributed by atoms with Crippen LogP contribution in [-0.4, -0.2) is 23.2 Å². The SMILES string of the molecule is [N-]=[N+]=NCCCCN1c2nccc[n+]2CC1(O)c1ccc(F)cc1. The molecule has 8 heteroatoms. The van der Waals surface area contributed by atoms with Crippen molar-refractivity contribution in [2.75, 3.05) is 18.0 Å². The van der Waals surface area contributed by atoms with Crippen LogP contribution in [0, 0.1) is 5.82 Å². The van der Waals surface area contributed by atoms with E-state index in [1.165, 1.54) is 12.1 Å². The van der Waals surface area contributed by atoms with Crippen LogP contribution < -0.4 is 9.47 Å². The highest BCUT2D eigenvalue weighted by Gasteiger charge is 2.51. The summed E-state index contributed by atoms with van der Waals surface area (Å²) in [7, 11) is 0. The van der Waals surface area contributed by atoms with E-state index < -0.39 is 5.72 Å². The third-order valence-corrected chi connectivity index (χ3v) is 4.14. The zero-order chi connectivity index (χ0) is 17.0. The molecule has 1 atom stereocenters. The van der Waals surface area contributed by atoms with Crippen molar-refractivity contribution in [3.63, 3.8) is 0 Å². The summed E-state index contributed by atoms with van der Waals surface area (Å²) < 4.78 is 15.1. The zero-order valence-electron chi connectivity index (χ0n) is 13.1. The van der Waals surface area contributed by atoms with E-state index in [4.69, 9.17) is 5.53 Å². The fourth-order valence-corrected chi connectivity index (χ4v) is 2.98. The van der Waals surface area contributed by atoms with Gasteiger partial charge < -0.3 is 5.11 Å². The Labute approximate surface area is 138 Å². The van der Waals surface area contributed by atoms with Crippen LogP contribution in [-0.2, 0) is 12.3 Å². The Morgan fingerprint density at radius 1 is 1.38 bits per heavy atom. The van der Waals surface area contributed by atoms with Crippen LogP contribution in [0.2, 0.25) is 0 Å². The first-order valence-electron chi connectivity index (χ1n) is 7.76. The zero-order valence-corrected chi connectivity index (χ0v) is 13.1. The molecule has 2 heterocycles. The van der Waals surface area contributed by atoms with E-state index in [1.807, 2.05) is 15.7 Å².